The van der Waals surface area contributed by atoms with Gasteiger partial charge in [-0.3, -0.25) is 14.4 Å². The molecule has 5 rings (SSSR count). The van der Waals surface area contributed by atoms with Crippen LogP contribution in [0.3, 0.4) is 0 Å². The van der Waals surface area contributed by atoms with Crippen molar-refractivity contribution in [1.82, 2.24) is 29.8 Å². The van der Waals surface area contributed by atoms with Crippen molar-refractivity contribution in [2.75, 3.05) is 26.2 Å². The molecule has 0 saturated carbocycles. The van der Waals surface area contributed by atoms with Gasteiger partial charge < -0.3 is 25.6 Å². The Morgan fingerprint density at radius 1 is 1.26 bits per heavy atom. The van der Waals surface area contributed by atoms with Gasteiger partial charge in [0.1, 0.15) is 11.6 Å². The quantitative estimate of drug-likeness (QED) is 0.319. The number of carboxylic acids is 1. The number of thiazole rings is 1. The highest BCUT2D eigenvalue weighted by Gasteiger charge is 2.39. The average Bonchev–Trinajstić information content (AvgIpc) is 3.51. The predicted octanol–water partition coefficient (Wildman–Crippen LogP) is 1.42. The zero-order valence-electron chi connectivity index (χ0n) is 20.9. The number of amides is 2. The van der Waals surface area contributed by atoms with Crippen LogP contribution in [0.15, 0.2) is 29.3 Å². The third kappa shape index (κ3) is 5.79. The monoisotopic (exact) mass is 594 g/mol. The minimum absolute atomic E-state index is 0.0150. The average molecular weight is 595 g/mol. The number of halogens is 1. The number of hydrogen-bond acceptors (Lipinski definition) is 8. The maximum absolute atomic E-state index is 13.6. The van der Waals surface area contributed by atoms with Crippen molar-refractivity contribution in [2.24, 2.45) is 0 Å². The van der Waals surface area contributed by atoms with E-state index in [4.69, 9.17) is 16.7 Å². The van der Waals surface area contributed by atoms with E-state index in [9.17, 15) is 22.8 Å². The number of H-pyrrole nitrogens is 1. The minimum Gasteiger partial charge on any atom is -0.480 e. The predicted molar refractivity (Wildman–Crippen MR) is 144 cm³/mol. The van der Waals surface area contributed by atoms with Gasteiger partial charge in [-0.15, -0.1) is 11.3 Å². The SMILES string of the molecule is CC1Cc2nc(C(=O)N3CCN(S(=O)(=O)c4cc5cc(Cl)ccc5[nH]4)CC3CC(=O)NCC(=O)O)sc2CN1. The molecule has 15 heteroatoms. The van der Waals surface area contributed by atoms with Gasteiger partial charge in [0.15, 0.2) is 5.01 Å². The summed E-state index contributed by atoms with van der Waals surface area (Å²) < 4.78 is 28.4. The normalized spacial score (nSPS) is 20.1. The lowest BCUT2D eigenvalue weighted by Crippen LogP contribution is -2.57. The van der Waals surface area contributed by atoms with Gasteiger partial charge in [0.2, 0.25) is 5.91 Å². The van der Waals surface area contributed by atoms with E-state index in [1.807, 2.05) is 6.92 Å². The van der Waals surface area contributed by atoms with Crippen LogP contribution in [0, 0.1) is 0 Å². The molecule has 208 valence electrons. The number of carbonyl (C=O) groups is 3. The van der Waals surface area contributed by atoms with Crippen molar-refractivity contribution in [3.8, 4) is 0 Å². The molecule has 4 heterocycles. The summed E-state index contributed by atoms with van der Waals surface area (Å²) in [5.74, 6) is -2.19. The van der Waals surface area contributed by atoms with E-state index in [1.165, 1.54) is 26.6 Å². The number of carbonyl (C=O) groups excluding carboxylic acids is 2. The summed E-state index contributed by atoms with van der Waals surface area (Å²) in [6.45, 7) is 1.99. The lowest BCUT2D eigenvalue weighted by molar-refractivity contribution is -0.138. The van der Waals surface area contributed by atoms with Crippen LogP contribution in [-0.4, -0.2) is 88.7 Å². The second-order valence-electron chi connectivity index (χ2n) is 9.63. The molecule has 1 fully saturated rings. The summed E-state index contributed by atoms with van der Waals surface area (Å²) in [5, 5.41) is 15.9. The molecule has 1 aromatic carbocycles. The van der Waals surface area contributed by atoms with E-state index in [0.717, 1.165) is 10.6 Å². The smallest absolute Gasteiger partial charge is 0.322 e. The molecule has 2 amide bonds. The van der Waals surface area contributed by atoms with E-state index >= 15 is 0 Å². The van der Waals surface area contributed by atoms with Crippen molar-refractivity contribution >= 4 is 61.6 Å². The van der Waals surface area contributed by atoms with Crippen LogP contribution in [0.2, 0.25) is 5.02 Å². The molecule has 2 atom stereocenters. The molecule has 39 heavy (non-hydrogen) atoms. The lowest BCUT2D eigenvalue weighted by Gasteiger charge is -2.40. The number of hydrogen-bond donors (Lipinski definition) is 4. The van der Waals surface area contributed by atoms with Crippen molar-refractivity contribution in [1.29, 1.82) is 0 Å². The molecule has 12 nitrogen and oxygen atoms in total. The standard InChI is InChI=1S/C24H27ClN6O6S2/c1-13-6-18-19(10-26-13)38-23(29-18)24(35)31-5-4-30(12-16(31)9-20(32)27-11-22(33)34)39(36,37)21-8-14-7-15(25)2-3-17(14)28-21/h2-3,7-8,13,16,26,28H,4-6,9-12H2,1H3,(H,27,32)(H,33,34). The summed E-state index contributed by atoms with van der Waals surface area (Å²) in [4.78, 5) is 47.0. The van der Waals surface area contributed by atoms with Gasteiger partial charge in [-0.1, -0.05) is 11.6 Å². The number of nitrogens with zero attached hydrogens (tertiary/aromatic N) is 3. The van der Waals surface area contributed by atoms with E-state index in [2.05, 4.69) is 20.6 Å². The third-order valence-electron chi connectivity index (χ3n) is 6.81. The molecule has 0 spiro atoms. The van der Waals surface area contributed by atoms with Gasteiger partial charge in [0, 0.05) is 65.9 Å². The lowest BCUT2D eigenvalue weighted by atomic mass is 10.1. The van der Waals surface area contributed by atoms with Crippen molar-refractivity contribution in [3.05, 3.63) is 44.9 Å². The highest BCUT2D eigenvalue weighted by molar-refractivity contribution is 7.89. The first-order chi connectivity index (χ1) is 18.5. The third-order valence-corrected chi connectivity index (χ3v) is 9.92. The van der Waals surface area contributed by atoms with Crippen LogP contribution in [-0.2, 0) is 32.6 Å². The Kier molecular flexibility index (Phi) is 7.66. The zero-order chi connectivity index (χ0) is 27.9. The number of piperazine rings is 1. The first kappa shape index (κ1) is 27.5. The van der Waals surface area contributed by atoms with Crippen LogP contribution in [0.4, 0.5) is 0 Å². The van der Waals surface area contributed by atoms with Gasteiger partial charge in [-0.25, -0.2) is 13.4 Å². The fourth-order valence-corrected chi connectivity index (χ4v) is 7.49. The van der Waals surface area contributed by atoms with Crippen LogP contribution >= 0.6 is 22.9 Å². The summed E-state index contributed by atoms with van der Waals surface area (Å²) >= 11 is 7.34. The van der Waals surface area contributed by atoms with Gasteiger partial charge >= 0.3 is 5.97 Å². The molecular formula is C24H27ClN6O6S2. The van der Waals surface area contributed by atoms with Gasteiger partial charge in [-0.05, 0) is 31.2 Å². The van der Waals surface area contributed by atoms with Gasteiger partial charge in [-0.2, -0.15) is 4.31 Å². The molecule has 0 bridgehead atoms. The molecule has 1 saturated heterocycles. The molecule has 0 radical (unpaired) electrons. The van der Waals surface area contributed by atoms with Crippen LogP contribution in [0.1, 0.15) is 33.7 Å². The zero-order valence-corrected chi connectivity index (χ0v) is 23.3. The summed E-state index contributed by atoms with van der Waals surface area (Å²) in [6, 6.07) is 5.90. The second-order valence-corrected chi connectivity index (χ2v) is 13.1. The van der Waals surface area contributed by atoms with Crippen LogP contribution in [0.5, 0.6) is 0 Å². The molecule has 2 aliphatic heterocycles. The Bertz CT molecular complexity index is 1550. The first-order valence-electron chi connectivity index (χ1n) is 12.3. The fourth-order valence-electron chi connectivity index (χ4n) is 4.83. The second kappa shape index (κ2) is 10.8. The van der Waals surface area contributed by atoms with Crippen LogP contribution < -0.4 is 10.6 Å². The van der Waals surface area contributed by atoms with E-state index in [-0.39, 0.29) is 48.0 Å². The number of nitrogens with one attached hydrogen (secondary N) is 3. The molecule has 2 aromatic heterocycles. The number of fused-ring (bicyclic) bond motifs is 2. The Morgan fingerprint density at radius 2 is 2.05 bits per heavy atom. The van der Waals surface area contributed by atoms with E-state index < -0.39 is 34.5 Å². The maximum atomic E-state index is 13.6. The van der Waals surface area contributed by atoms with E-state index in [1.54, 1.807) is 18.2 Å². The van der Waals surface area contributed by atoms with Gasteiger partial charge in [0.25, 0.3) is 15.9 Å². The highest BCUT2D eigenvalue weighted by Crippen LogP contribution is 2.29. The molecule has 4 N–H and O–H groups in total. The van der Waals surface area contributed by atoms with Crippen LogP contribution in [0.25, 0.3) is 10.9 Å². The first-order valence-corrected chi connectivity index (χ1v) is 14.9. The number of aromatic amines is 1. The Balaban J connectivity index is 1.40. The number of carboxylic acid groups (broad SMARTS) is 1. The molecule has 0 aliphatic carbocycles. The Hall–Kier alpha value is -3.04. The largest absolute Gasteiger partial charge is 0.480 e. The van der Waals surface area contributed by atoms with Crippen molar-refractivity contribution in [3.63, 3.8) is 0 Å². The highest BCUT2D eigenvalue weighted by atomic mass is 35.5. The Labute approximate surface area is 233 Å². The fraction of sp³-hybridized carbons (Fsp3) is 0.417. The number of aliphatic carboxylic acids is 1. The summed E-state index contributed by atoms with van der Waals surface area (Å²) in [7, 11) is -4.00. The van der Waals surface area contributed by atoms with Crippen molar-refractivity contribution < 1.29 is 27.9 Å². The molecule has 2 unspecified atom stereocenters. The minimum atomic E-state index is -4.00. The number of rotatable bonds is 7. The molecule has 3 aromatic rings. The molecule has 2 aliphatic rings. The number of aromatic nitrogens is 2. The number of sulfonamides is 1. The van der Waals surface area contributed by atoms with Gasteiger partial charge in [0.05, 0.1) is 11.7 Å². The molecular weight excluding hydrogens is 568 g/mol. The van der Waals surface area contributed by atoms with Crippen molar-refractivity contribution in [2.45, 2.75) is 43.4 Å². The summed E-state index contributed by atoms with van der Waals surface area (Å²) in [5.41, 5.74) is 1.47. The Morgan fingerprint density at radius 3 is 2.82 bits per heavy atom. The number of benzene rings is 1. The van der Waals surface area contributed by atoms with E-state index in [0.29, 0.717) is 28.9 Å². The maximum Gasteiger partial charge on any atom is 0.322 e. The topological polar surface area (TPSA) is 165 Å². The summed E-state index contributed by atoms with van der Waals surface area (Å²) in [6.07, 6.45) is 0.429.